The third kappa shape index (κ3) is 4.69. The number of anilines is 2. The number of benzene rings is 3. The number of ether oxygens (including phenoxy) is 1. The van der Waals surface area contributed by atoms with Crippen LogP contribution in [0, 0.1) is 0 Å². The molecule has 2 amide bonds. The first kappa shape index (κ1) is 19.5. The summed E-state index contributed by atoms with van der Waals surface area (Å²) in [5.74, 6) is -0.309. The van der Waals surface area contributed by atoms with Crippen molar-refractivity contribution in [1.29, 1.82) is 0 Å². The molecule has 0 spiro atoms. The minimum atomic E-state index is -0.361. The van der Waals surface area contributed by atoms with Crippen molar-refractivity contribution in [2.45, 2.75) is 0 Å². The van der Waals surface area contributed by atoms with E-state index in [1.807, 2.05) is 42.5 Å². The number of hydrogen-bond acceptors (Lipinski definition) is 3. The molecule has 0 radical (unpaired) electrons. The molecule has 0 aromatic heterocycles. The molecule has 5 nitrogen and oxygen atoms in total. The van der Waals surface area contributed by atoms with Crippen LogP contribution >= 0.6 is 11.6 Å². The van der Waals surface area contributed by atoms with Gasteiger partial charge in [0.05, 0.1) is 12.8 Å². The van der Waals surface area contributed by atoms with Gasteiger partial charge >= 0.3 is 0 Å². The SMILES string of the molecule is COc1ccc(NC(=O)c2ccc(-c3ccccc3)cc2)cc1NC(=O)CCl. The Hall–Kier alpha value is -3.31. The molecule has 0 aliphatic carbocycles. The molecule has 0 atom stereocenters. The number of carbonyl (C=O) groups is 2. The fourth-order valence-corrected chi connectivity index (χ4v) is 2.78. The molecule has 0 saturated heterocycles. The second-order valence-corrected chi connectivity index (χ2v) is 6.26. The highest BCUT2D eigenvalue weighted by Gasteiger charge is 2.11. The van der Waals surface area contributed by atoms with Gasteiger partial charge in [0.25, 0.3) is 5.91 Å². The van der Waals surface area contributed by atoms with Gasteiger partial charge < -0.3 is 15.4 Å². The molecular formula is C22H19ClN2O3. The van der Waals surface area contributed by atoms with Crippen LogP contribution < -0.4 is 15.4 Å². The standard InChI is InChI=1S/C22H19ClN2O3/c1-28-20-12-11-18(13-19(20)25-21(26)14-23)24-22(27)17-9-7-16(8-10-17)15-5-3-2-4-6-15/h2-13H,14H2,1H3,(H,24,27)(H,25,26). The zero-order valence-electron chi connectivity index (χ0n) is 15.2. The van der Waals surface area contributed by atoms with Gasteiger partial charge in [0.15, 0.2) is 0 Å². The maximum absolute atomic E-state index is 12.6. The first-order chi connectivity index (χ1) is 13.6. The van der Waals surface area contributed by atoms with Crippen molar-refractivity contribution >= 4 is 34.8 Å². The topological polar surface area (TPSA) is 67.4 Å². The Balaban J connectivity index is 1.75. The Labute approximate surface area is 168 Å². The summed E-state index contributed by atoms with van der Waals surface area (Å²) in [6.45, 7) is 0. The van der Waals surface area contributed by atoms with Crippen molar-refractivity contribution < 1.29 is 14.3 Å². The van der Waals surface area contributed by atoms with E-state index in [-0.39, 0.29) is 17.7 Å². The summed E-state index contributed by atoms with van der Waals surface area (Å²) >= 11 is 5.54. The molecule has 6 heteroatoms. The number of hydrogen-bond donors (Lipinski definition) is 2. The van der Waals surface area contributed by atoms with E-state index in [0.717, 1.165) is 11.1 Å². The van der Waals surface area contributed by atoms with E-state index in [2.05, 4.69) is 10.6 Å². The Morgan fingerprint density at radius 2 is 1.57 bits per heavy atom. The van der Waals surface area contributed by atoms with Crippen molar-refractivity contribution in [3.8, 4) is 16.9 Å². The van der Waals surface area contributed by atoms with Crippen LogP contribution in [-0.2, 0) is 4.79 Å². The van der Waals surface area contributed by atoms with Gasteiger partial charge in [-0.1, -0.05) is 42.5 Å². The number of methoxy groups -OCH3 is 1. The predicted molar refractivity (Wildman–Crippen MR) is 112 cm³/mol. The van der Waals surface area contributed by atoms with Gasteiger partial charge in [-0.15, -0.1) is 11.6 Å². The fraction of sp³-hybridized carbons (Fsp3) is 0.0909. The number of alkyl halides is 1. The smallest absolute Gasteiger partial charge is 0.255 e. The Bertz CT molecular complexity index is 973. The summed E-state index contributed by atoms with van der Waals surface area (Å²) in [4.78, 5) is 24.1. The molecule has 28 heavy (non-hydrogen) atoms. The number of nitrogens with one attached hydrogen (secondary N) is 2. The second-order valence-electron chi connectivity index (χ2n) is 5.99. The molecule has 142 valence electrons. The molecule has 0 fully saturated rings. The first-order valence-electron chi connectivity index (χ1n) is 8.61. The lowest BCUT2D eigenvalue weighted by Gasteiger charge is -2.12. The van der Waals surface area contributed by atoms with Crippen molar-refractivity contribution in [3.05, 3.63) is 78.4 Å². The molecule has 3 aromatic carbocycles. The van der Waals surface area contributed by atoms with Gasteiger partial charge in [0, 0.05) is 11.3 Å². The van der Waals surface area contributed by atoms with E-state index in [9.17, 15) is 9.59 Å². The number of amides is 2. The van der Waals surface area contributed by atoms with E-state index in [0.29, 0.717) is 22.7 Å². The monoisotopic (exact) mass is 394 g/mol. The molecule has 0 bridgehead atoms. The normalized spacial score (nSPS) is 10.2. The summed E-state index contributed by atoms with van der Waals surface area (Å²) in [7, 11) is 1.50. The lowest BCUT2D eigenvalue weighted by atomic mass is 10.0. The van der Waals surface area contributed by atoms with Crippen LogP contribution in [0.3, 0.4) is 0 Å². The first-order valence-corrected chi connectivity index (χ1v) is 9.15. The predicted octanol–water partition coefficient (Wildman–Crippen LogP) is 4.79. The fourth-order valence-electron chi connectivity index (χ4n) is 2.71. The molecule has 0 heterocycles. The highest BCUT2D eigenvalue weighted by molar-refractivity contribution is 6.29. The molecule has 3 rings (SSSR count). The van der Waals surface area contributed by atoms with Gasteiger partial charge in [-0.25, -0.2) is 0 Å². The Kier molecular flexibility index (Phi) is 6.29. The van der Waals surface area contributed by atoms with Gasteiger partial charge in [0.1, 0.15) is 11.6 Å². The van der Waals surface area contributed by atoms with E-state index in [1.54, 1.807) is 30.3 Å². The summed E-state index contributed by atoms with van der Waals surface area (Å²) in [5.41, 5.74) is 3.62. The maximum atomic E-state index is 12.6. The maximum Gasteiger partial charge on any atom is 0.255 e. The van der Waals surface area contributed by atoms with Crippen molar-refractivity contribution in [2.75, 3.05) is 23.6 Å². The average Bonchev–Trinajstić information content (AvgIpc) is 2.74. The highest BCUT2D eigenvalue weighted by Crippen LogP contribution is 2.28. The van der Waals surface area contributed by atoms with Crippen LogP contribution in [0.1, 0.15) is 10.4 Å². The van der Waals surface area contributed by atoms with Gasteiger partial charge in [-0.3, -0.25) is 9.59 Å². The van der Waals surface area contributed by atoms with E-state index in [1.165, 1.54) is 7.11 Å². The van der Waals surface area contributed by atoms with E-state index in [4.69, 9.17) is 16.3 Å². The van der Waals surface area contributed by atoms with E-state index >= 15 is 0 Å². The summed E-state index contributed by atoms with van der Waals surface area (Å²) in [6, 6.07) is 22.3. The third-order valence-corrected chi connectivity index (χ3v) is 4.35. The molecule has 0 aliphatic rings. The summed E-state index contributed by atoms with van der Waals surface area (Å²) < 4.78 is 5.22. The quantitative estimate of drug-likeness (QED) is 0.590. The van der Waals surface area contributed by atoms with Crippen LogP contribution in [0.4, 0.5) is 11.4 Å². The molecular weight excluding hydrogens is 376 g/mol. The molecule has 0 aliphatic heterocycles. The lowest BCUT2D eigenvalue weighted by molar-refractivity contribution is -0.113. The van der Waals surface area contributed by atoms with Crippen LogP contribution in [0.5, 0.6) is 5.75 Å². The zero-order valence-corrected chi connectivity index (χ0v) is 16.0. The number of rotatable bonds is 6. The third-order valence-electron chi connectivity index (χ3n) is 4.11. The minimum Gasteiger partial charge on any atom is -0.495 e. The van der Waals surface area contributed by atoms with E-state index < -0.39 is 0 Å². The Morgan fingerprint density at radius 1 is 0.893 bits per heavy atom. The van der Waals surface area contributed by atoms with Crippen molar-refractivity contribution in [3.63, 3.8) is 0 Å². The lowest BCUT2D eigenvalue weighted by Crippen LogP contribution is -2.15. The molecule has 0 unspecified atom stereocenters. The second kappa shape index (κ2) is 9.06. The summed E-state index contributed by atoms with van der Waals surface area (Å²) in [6.07, 6.45) is 0. The van der Waals surface area contributed by atoms with Gasteiger partial charge in [-0.05, 0) is 41.5 Å². The minimum absolute atomic E-state index is 0.173. The van der Waals surface area contributed by atoms with Crippen LogP contribution in [-0.4, -0.2) is 24.8 Å². The van der Waals surface area contributed by atoms with Gasteiger partial charge in [0.2, 0.25) is 5.91 Å². The van der Waals surface area contributed by atoms with Gasteiger partial charge in [-0.2, -0.15) is 0 Å². The number of carbonyl (C=O) groups excluding carboxylic acids is 2. The summed E-state index contributed by atoms with van der Waals surface area (Å²) in [5, 5.41) is 5.46. The largest absolute Gasteiger partial charge is 0.495 e. The van der Waals surface area contributed by atoms with Crippen LogP contribution in [0.15, 0.2) is 72.8 Å². The molecule has 2 N–H and O–H groups in total. The highest BCUT2D eigenvalue weighted by atomic mass is 35.5. The van der Waals surface area contributed by atoms with Crippen LogP contribution in [0.25, 0.3) is 11.1 Å². The van der Waals surface area contributed by atoms with Crippen LogP contribution in [0.2, 0.25) is 0 Å². The average molecular weight is 395 g/mol. The molecule has 0 saturated carbocycles. The van der Waals surface area contributed by atoms with Crippen molar-refractivity contribution in [2.24, 2.45) is 0 Å². The zero-order chi connectivity index (χ0) is 19.9. The number of halogens is 1. The Morgan fingerprint density at radius 3 is 2.21 bits per heavy atom. The van der Waals surface area contributed by atoms with Crippen molar-refractivity contribution in [1.82, 2.24) is 0 Å². The molecule has 3 aromatic rings.